The lowest BCUT2D eigenvalue weighted by atomic mass is 9.95. The lowest BCUT2D eigenvalue weighted by Gasteiger charge is -2.12. The third kappa shape index (κ3) is 4.46. The van der Waals surface area contributed by atoms with Gasteiger partial charge in [0.1, 0.15) is 11.2 Å². The monoisotopic (exact) mass is 551 g/mol. The average molecular weight is 552 g/mol. The summed E-state index contributed by atoms with van der Waals surface area (Å²) < 4.78 is 6.84. The molecule has 0 aliphatic carbocycles. The number of furan rings is 1. The van der Waals surface area contributed by atoms with E-state index in [-0.39, 0.29) is 0 Å². The Bertz CT molecular complexity index is 2150. The Morgan fingerprint density at radius 2 is 0.814 bits per heavy atom. The smallest absolute Gasteiger partial charge is 0.164 e. The second-order valence-corrected chi connectivity index (χ2v) is 10.4. The first-order chi connectivity index (χ1) is 21.3. The Kier molecular flexibility index (Phi) is 6.08. The van der Waals surface area contributed by atoms with Gasteiger partial charge in [0.2, 0.25) is 0 Å². The van der Waals surface area contributed by atoms with Crippen molar-refractivity contribution in [3.05, 3.63) is 152 Å². The molecule has 0 amide bonds. The van der Waals surface area contributed by atoms with E-state index in [2.05, 4.69) is 66.7 Å². The molecule has 0 fully saturated rings. The summed E-state index contributed by atoms with van der Waals surface area (Å²) in [4.78, 5) is 15.0. The number of fused-ring (bicyclic) bond motifs is 3. The summed E-state index contributed by atoms with van der Waals surface area (Å²) in [7, 11) is 0. The van der Waals surface area contributed by atoms with Gasteiger partial charge in [-0.3, -0.25) is 0 Å². The predicted octanol–water partition coefficient (Wildman–Crippen LogP) is 10.1. The van der Waals surface area contributed by atoms with Gasteiger partial charge < -0.3 is 4.42 Å². The van der Waals surface area contributed by atoms with Crippen LogP contribution < -0.4 is 0 Å². The third-order valence-electron chi connectivity index (χ3n) is 7.75. The van der Waals surface area contributed by atoms with Crippen molar-refractivity contribution < 1.29 is 4.42 Å². The van der Waals surface area contributed by atoms with Crippen LogP contribution in [0.25, 0.3) is 78.4 Å². The van der Waals surface area contributed by atoms with Crippen molar-refractivity contribution in [1.82, 2.24) is 15.0 Å². The Hall–Kier alpha value is -5.87. The van der Waals surface area contributed by atoms with Crippen molar-refractivity contribution >= 4 is 21.9 Å². The third-order valence-corrected chi connectivity index (χ3v) is 7.75. The number of hydrogen-bond donors (Lipinski definition) is 0. The van der Waals surface area contributed by atoms with Gasteiger partial charge in [-0.25, -0.2) is 15.0 Å². The lowest BCUT2D eigenvalue weighted by Crippen LogP contribution is -2.01. The van der Waals surface area contributed by atoms with Gasteiger partial charge in [-0.15, -0.1) is 0 Å². The van der Waals surface area contributed by atoms with Crippen molar-refractivity contribution in [2.24, 2.45) is 0 Å². The minimum atomic E-state index is 0.595. The highest BCUT2D eigenvalue weighted by molar-refractivity contribution is 6.15. The van der Waals surface area contributed by atoms with Crippen molar-refractivity contribution in [1.29, 1.82) is 0 Å². The molecule has 43 heavy (non-hydrogen) atoms. The first kappa shape index (κ1) is 24.9. The summed E-state index contributed by atoms with van der Waals surface area (Å²) >= 11 is 0. The molecule has 0 aliphatic heterocycles. The summed E-state index contributed by atoms with van der Waals surface area (Å²) in [5, 5.41) is 2.13. The zero-order valence-electron chi connectivity index (χ0n) is 23.2. The van der Waals surface area contributed by atoms with Gasteiger partial charge >= 0.3 is 0 Å². The Morgan fingerprint density at radius 3 is 1.40 bits per heavy atom. The molecule has 0 atom stereocenters. The van der Waals surface area contributed by atoms with Crippen LogP contribution in [0.3, 0.4) is 0 Å². The second-order valence-electron chi connectivity index (χ2n) is 10.4. The Balaban J connectivity index is 1.43. The van der Waals surface area contributed by atoms with Gasteiger partial charge in [0.15, 0.2) is 17.5 Å². The van der Waals surface area contributed by atoms with Crippen LogP contribution in [0.2, 0.25) is 0 Å². The van der Waals surface area contributed by atoms with Gasteiger partial charge in [0.25, 0.3) is 0 Å². The van der Waals surface area contributed by atoms with E-state index in [1.54, 1.807) is 0 Å². The fourth-order valence-corrected chi connectivity index (χ4v) is 5.71. The van der Waals surface area contributed by atoms with E-state index in [1.807, 2.05) is 84.9 Å². The van der Waals surface area contributed by atoms with E-state index in [0.29, 0.717) is 17.5 Å². The molecule has 0 N–H and O–H groups in total. The molecule has 0 saturated heterocycles. The standard InChI is InChI=1S/C39H25N3O/c1-5-14-26(15-6-1)30-22-13-23-31-32-24-25-33(34(36(32)43-35(30)31)27-16-7-2-8-17-27)39-41-37(28-18-9-3-10-19-28)40-38(42-39)29-20-11-4-12-21-29/h1-25H. The molecule has 6 aromatic carbocycles. The van der Waals surface area contributed by atoms with E-state index in [1.165, 1.54) is 0 Å². The summed E-state index contributed by atoms with van der Waals surface area (Å²) in [6.45, 7) is 0. The maximum absolute atomic E-state index is 6.84. The number of aromatic nitrogens is 3. The number of para-hydroxylation sites is 1. The number of benzene rings is 6. The van der Waals surface area contributed by atoms with Gasteiger partial charge in [-0.1, -0.05) is 140 Å². The Labute approximate surface area is 249 Å². The molecule has 8 rings (SSSR count). The molecule has 0 unspecified atom stereocenters. The SMILES string of the molecule is c1ccc(-c2nc(-c3ccccc3)nc(-c3ccc4c(oc5c(-c6ccccc6)cccc54)c3-c3ccccc3)n2)cc1. The zero-order valence-corrected chi connectivity index (χ0v) is 23.2. The van der Waals surface area contributed by atoms with E-state index >= 15 is 0 Å². The normalized spacial score (nSPS) is 11.3. The van der Waals surface area contributed by atoms with Crippen molar-refractivity contribution in [2.75, 3.05) is 0 Å². The van der Waals surface area contributed by atoms with E-state index in [9.17, 15) is 0 Å². The molecular weight excluding hydrogens is 526 g/mol. The molecule has 0 radical (unpaired) electrons. The lowest BCUT2D eigenvalue weighted by molar-refractivity contribution is 0.671. The van der Waals surface area contributed by atoms with E-state index in [4.69, 9.17) is 19.4 Å². The highest BCUT2D eigenvalue weighted by atomic mass is 16.3. The molecule has 4 nitrogen and oxygen atoms in total. The van der Waals surface area contributed by atoms with Crippen LogP contribution in [-0.4, -0.2) is 15.0 Å². The molecule has 0 saturated carbocycles. The summed E-state index contributed by atoms with van der Waals surface area (Å²) in [5.74, 6) is 1.84. The summed E-state index contributed by atoms with van der Waals surface area (Å²) in [6, 6.07) is 51.4. The minimum absolute atomic E-state index is 0.595. The van der Waals surface area contributed by atoms with Gasteiger partial charge in [0, 0.05) is 38.6 Å². The topological polar surface area (TPSA) is 51.8 Å². The maximum atomic E-state index is 6.84. The van der Waals surface area contributed by atoms with Gasteiger partial charge in [-0.05, 0) is 23.3 Å². The molecule has 0 spiro atoms. The molecule has 2 heterocycles. The van der Waals surface area contributed by atoms with Crippen LogP contribution >= 0.6 is 0 Å². The molecule has 202 valence electrons. The highest BCUT2D eigenvalue weighted by Crippen LogP contribution is 2.43. The van der Waals surface area contributed by atoms with E-state index in [0.717, 1.165) is 60.9 Å². The van der Waals surface area contributed by atoms with Gasteiger partial charge in [-0.2, -0.15) is 0 Å². The summed E-state index contributed by atoms with van der Waals surface area (Å²) in [5.41, 5.74) is 8.59. The average Bonchev–Trinajstić information content (AvgIpc) is 3.48. The van der Waals surface area contributed by atoms with Crippen LogP contribution in [0.1, 0.15) is 0 Å². The maximum Gasteiger partial charge on any atom is 0.164 e. The molecular formula is C39H25N3O. The first-order valence-electron chi connectivity index (χ1n) is 14.3. The van der Waals surface area contributed by atoms with Crippen LogP contribution in [0.5, 0.6) is 0 Å². The fourth-order valence-electron chi connectivity index (χ4n) is 5.71. The molecule has 4 heteroatoms. The fraction of sp³-hybridized carbons (Fsp3) is 0. The predicted molar refractivity (Wildman–Crippen MR) is 174 cm³/mol. The zero-order chi connectivity index (χ0) is 28.6. The Morgan fingerprint density at radius 1 is 0.326 bits per heavy atom. The first-order valence-corrected chi connectivity index (χ1v) is 14.3. The number of hydrogen-bond acceptors (Lipinski definition) is 4. The molecule has 2 aromatic heterocycles. The molecule has 8 aromatic rings. The van der Waals surface area contributed by atoms with Crippen LogP contribution in [0, 0.1) is 0 Å². The van der Waals surface area contributed by atoms with E-state index < -0.39 is 0 Å². The van der Waals surface area contributed by atoms with Crippen molar-refractivity contribution in [3.63, 3.8) is 0 Å². The minimum Gasteiger partial charge on any atom is -0.455 e. The van der Waals surface area contributed by atoms with Crippen LogP contribution in [0.4, 0.5) is 0 Å². The second kappa shape index (κ2) is 10.5. The number of nitrogens with zero attached hydrogens (tertiary/aromatic N) is 3. The van der Waals surface area contributed by atoms with Crippen LogP contribution in [-0.2, 0) is 0 Å². The number of rotatable bonds is 5. The van der Waals surface area contributed by atoms with Crippen LogP contribution in [0.15, 0.2) is 156 Å². The highest BCUT2D eigenvalue weighted by Gasteiger charge is 2.22. The molecule has 0 bridgehead atoms. The largest absolute Gasteiger partial charge is 0.455 e. The van der Waals surface area contributed by atoms with Crippen molar-refractivity contribution in [2.45, 2.75) is 0 Å². The molecule has 0 aliphatic rings. The summed E-state index contributed by atoms with van der Waals surface area (Å²) in [6.07, 6.45) is 0. The van der Waals surface area contributed by atoms with Gasteiger partial charge in [0.05, 0.1) is 0 Å². The van der Waals surface area contributed by atoms with Crippen molar-refractivity contribution in [3.8, 4) is 56.4 Å². The quantitative estimate of drug-likeness (QED) is 0.214.